The van der Waals surface area contributed by atoms with E-state index in [-0.39, 0.29) is 45.4 Å². The van der Waals surface area contributed by atoms with E-state index in [0.29, 0.717) is 5.76 Å². The number of Topliss-reactive ketones (excluding diaryl/α,β-unsaturated/α-hetero) is 1. The molecule has 26 heavy (non-hydrogen) atoms. The second-order valence-corrected chi connectivity index (χ2v) is 4.99. The lowest BCUT2D eigenvalue weighted by Crippen LogP contribution is -2.40. The van der Waals surface area contributed by atoms with Crippen molar-refractivity contribution in [2.45, 2.75) is 19.1 Å². The maximum atomic E-state index is 11.1. The molecule has 1 aliphatic heterocycles. The van der Waals surface area contributed by atoms with Gasteiger partial charge in [-0.15, -0.1) is 0 Å². The van der Waals surface area contributed by atoms with Gasteiger partial charge in [-0.1, -0.05) is 0 Å². The van der Waals surface area contributed by atoms with Gasteiger partial charge in [0.1, 0.15) is 38.3 Å². The average molecular weight is 378 g/mol. The van der Waals surface area contributed by atoms with Crippen molar-refractivity contribution in [3.05, 3.63) is 24.5 Å². The quantitative estimate of drug-likeness (QED) is 0.199. The first-order chi connectivity index (χ1) is 12.7. The number of ketones is 1. The van der Waals surface area contributed by atoms with Crippen LogP contribution >= 0.6 is 0 Å². The van der Waals surface area contributed by atoms with Crippen molar-refractivity contribution in [1.29, 1.82) is 0 Å². The molecule has 0 radical (unpaired) electrons. The minimum atomic E-state index is -0.606. The van der Waals surface area contributed by atoms with E-state index in [4.69, 9.17) is 38.5 Å². The van der Waals surface area contributed by atoms with E-state index < -0.39 is 12.2 Å². The third-order valence-electron chi connectivity index (χ3n) is 2.95. The van der Waals surface area contributed by atoms with Gasteiger partial charge in [0.05, 0.1) is 34.0 Å². The zero-order valence-corrected chi connectivity index (χ0v) is 15.2. The topological polar surface area (TPSA) is 100 Å². The zero-order valence-electron chi connectivity index (χ0n) is 15.2. The van der Waals surface area contributed by atoms with Gasteiger partial charge in [-0.25, -0.2) is 0 Å². The van der Waals surface area contributed by atoms with Crippen LogP contribution in [-0.4, -0.2) is 71.9 Å². The third-order valence-corrected chi connectivity index (χ3v) is 2.95. The molecule has 0 aromatic rings. The Kier molecular flexibility index (Phi) is 12.2. The molecule has 0 saturated heterocycles. The summed E-state index contributed by atoms with van der Waals surface area (Å²) in [7, 11) is 2.96. The fraction of sp³-hybridized carbons (Fsp3) is 0.688. The predicted octanol–water partition coefficient (Wildman–Crippen LogP) is 0.878. The van der Waals surface area contributed by atoms with Crippen molar-refractivity contribution < 1.29 is 48.0 Å². The van der Waals surface area contributed by atoms with Crippen LogP contribution in [0.25, 0.3) is 0 Å². The summed E-state index contributed by atoms with van der Waals surface area (Å²) in [6.07, 6.45) is 2.68. The summed E-state index contributed by atoms with van der Waals surface area (Å²) in [4.78, 5) is 30.4. The van der Waals surface area contributed by atoms with Gasteiger partial charge < -0.3 is 33.5 Å². The van der Waals surface area contributed by atoms with Crippen LogP contribution in [0.1, 0.15) is 6.92 Å². The van der Waals surface area contributed by atoms with Crippen LogP contribution in [0.4, 0.5) is 0 Å². The predicted molar refractivity (Wildman–Crippen MR) is 86.3 cm³/mol. The van der Waals surface area contributed by atoms with Crippen LogP contribution in [0.2, 0.25) is 0 Å². The lowest BCUT2D eigenvalue weighted by atomic mass is 10.1. The lowest BCUT2D eigenvalue weighted by Gasteiger charge is -2.29. The van der Waals surface area contributed by atoms with Gasteiger partial charge >= 0.3 is 0 Å². The maximum absolute atomic E-state index is 11.1. The van der Waals surface area contributed by atoms with E-state index in [1.54, 1.807) is 0 Å². The molecule has 0 spiro atoms. The summed E-state index contributed by atoms with van der Waals surface area (Å²) in [6.45, 7) is 2.36. The van der Waals surface area contributed by atoms with Crippen LogP contribution in [0.3, 0.4) is 0 Å². The Bertz CT molecular complexity index is 437. The van der Waals surface area contributed by atoms with E-state index >= 15 is 0 Å². The van der Waals surface area contributed by atoms with Gasteiger partial charge in [0.15, 0.2) is 24.1 Å². The molecular formula is C16H26O10. The Balaban J connectivity index is 2.58. The van der Waals surface area contributed by atoms with Crippen molar-refractivity contribution in [2.75, 3.05) is 53.9 Å². The van der Waals surface area contributed by atoms with Crippen molar-refractivity contribution in [3.63, 3.8) is 0 Å². The number of hydrogen-bond donors (Lipinski definition) is 0. The molecule has 10 heteroatoms. The fourth-order valence-corrected chi connectivity index (χ4v) is 1.88. The highest BCUT2D eigenvalue weighted by Gasteiger charge is 2.30. The second-order valence-electron chi connectivity index (χ2n) is 4.99. The number of carbonyl (C=O) groups excluding carboxylic acids is 1. The molecular weight excluding hydrogens is 352 g/mol. The van der Waals surface area contributed by atoms with Gasteiger partial charge in [-0.3, -0.25) is 4.79 Å². The highest BCUT2D eigenvalue weighted by atomic mass is 17.2. The Morgan fingerprint density at radius 2 is 2.15 bits per heavy atom. The first-order valence-electron chi connectivity index (χ1n) is 7.97. The van der Waals surface area contributed by atoms with E-state index in [9.17, 15) is 4.79 Å². The number of rotatable bonds is 13. The van der Waals surface area contributed by atoms with Crippen molar-refractivity contribution >= 4 is 5.78 Å². The molecule has 0 aromatic heterocycles. The molecule has 0 aliphatic carbocycles. The smallest absolute Gasteiger partial charge is 0.170 e. The Hall–Kier alpha value is -1.85. The summed E-state index contributed by atoms with van der Waals surface area (Å²) in [5.41, 5.74) is 0. The minimum absolute atomic E-state index is 0.0281. The Morgan fingerprint density at radius 3 is 2.88 bits per heavy atom. The molecule has 2 atom stereocenters. The number of ether oxygens (including phenoxy) is 5. The Labute approximate surface area is 152 Å². The standard InChI is InChI=1S/C16H26O10/c1-13(17)10-20-11-15(21-5-8-24-23-7-4-18-2)16-14(19-3)12-26-25-9-6-22-16/h4,7,12,15-16H,5-6,8-11H2,1-3H3/b7-4-,14-12+. The van der Waals surface area contributed by atoms with Crippen LogP contribution < -0.4 is 0 Å². The van der Waals surface area contributed by atoms with Gasteiger partial charge in [-0.05, 0) is 6.92 Å². The molecule has 0 saturated carbocycles. The maximum Gasteiger partial charge on any atom is 0.170 e. The highest BCUT2D eigenvalue weighted by Crippen LogP contribution is 2.18. The summed E-state index contributed by atoms with van der Waals surface area (Å²) in [5.74, 6) is 0.268. The molecule has 1 heterocycles. The number of hydrogen-bond acceptors (Lipinski definition) is 10. The normalized spacial score (nSPS) is 21.0. The first kappa shape index (κ1) is 22.2. The van der Waals surface area contributed by atoms with E-state index in [1.165, 1.54) is 39.9 Å². The monoisotopic (exact) mass is 378 g/mol. The van der Waals surface area contributed by atoms with Crippen LogP contribution in [-0.2, 0) is 48.0 Å². The average Bonchev–Trinajstić information content (AvgIpc) is 2.59. The summed E-state index contributed by atoms with van der Waals surface area (Å²) in [5, 5.41) is 0. The SMILES string of the molecule is CO/C=C\OOCCOC(COCC(C)=O)C1OCCOO/C=C\1OC. The highest BCUT2D eigenvalue weighted by molar-refractivity contribution is 5.76. The van der Waals surface area contributed by atoms with Crippen molar-refractivity contribution in [3.8, 4) is 0 Å². The van der Waals surface area contributed by atoms with Gasteiger partial charge in [0.25, 0.3) is 0 Å². The number of carbonyl (C=O) groups is 1. The van der Waals surface area contributed by atoms with E-state index in [0.717, 1.165) is 0 Å². The molecule has 0 N–H and O–H groups in total. The minimum Gasteiger partial charge on any atom is -0.501 e. The molecule has 2 unspecified atom stereocenters. The second kappa shape index (κ2) is 14.3. The first-order valence-corrected chi connectivity index (χ1v) is 7.97. The van der Waals surface area contributed by atoms with Gasteiger partial charge in [-0.2, -0.15) is 9.78 Å². The van der Waals surface area contributed by atoms with E-state index in [2.05, 4.69) is 4.74 Å². The molecule has 0 amide bonds. The molecule has 0 aromatic carbocycles. The third kappa shape index (κ3) is 9.59. The molecule has 0 bridgehead atoms. The summed E-state index contributed by atoms with van der Waals surface area (Å²) >= 11 is 0. The molecule has 10 nitrogen and oxygen atoms in total. The molecule has 0 fully saturated rings. The van der Waals surface area contributed by atoms with Crippen LogP contribution in [0.5, 0.6) is 0 Å². The fourth-order valence-electron chi connectivity index (χ4n) is 1.88. The molecule has 1 aliphatic rings. The Morgan fingerprint density at radius 1 is 1.31 bits per heavy atom. The van der Waals surface area contributed by atoms with Gasteiger partial charge in [0.2, 0.25) is 0 Å². The van der Waals surface area contributed by atoms with Gasteiger partial charge in [0, 0.05) is 0 Å². The summed E-state index contributed by atoms with van der Waals surface area (Å²) < 4.78 is 26.8. The number of methoxy groups -OCH3 is 2. The van der Waals surface area contributed by atoms with Crippen LogP contribution in [0, 0.1) is 0 Å². The molecule has 1 rings (SSSR count). The largest absolute Gasteiger partial charge is 0.501 e. The lowest BCUT2D eigenvalue weighted by molar-refractivity contribution is -0.273. The zero-order chi connectivity index (χ0) is 19.0. The van der Waals surface area contributed by atoms with E-state index in [1.807, 2.05) is 0 Å². The van der Waals surface area contributed by atoms with Crippen LogP contribution in [0.15, 0.2) is 24.5 Å². The van der Waals surface area contributed by atoms with Crippen molar-refractivity contribution in [2.24, 2.45) is 0 Å². The van der Waals surface area contributed by atoms with Crippen molar-refractivity contribution in [1.82, 2.24) is 0 Å². The summed E-state index contributed by atoms with van der Waals surface area (Å²) in [6, 6.07) is 0. The molecule has 150 valence electrons.